The first-order valence-electron chi connectivity index (χ1n) is 5.40. The molecule has 0 aromatic heterocycles. The van der Waals surface area contributed by atoms with Crippen LogP contribution in [-0.4, -0.2) is 63.2 Å². The summed E-state index contributed by atoms with van der Waals surface area (Å²) in [7, 11) is 0. The Morgan fingerprint density at radius 3 is 2.04 bits per heavy atom. The first-order chi connectivity index (χ1) is 9.61. The quantitative estimate of drug-likeness (QED) is 0.231. The van der Waals surface area contributed by atoms with Crippen LogP contribution in [-0.2, 0) is 19.1 Å². The molecule has 0 aliphatic carbocycles. The third kappa shape index (κ3) is 9.49. The molecule has 0 spiro atoms. The van der Waals surface area contributed by atoms with Crippen molar-refractivity contribution in [1.29, 1.82) is 0 Å². The molecule has 23 heavy (non-hydrogen) atoms. The van der Waals surface area contributed by atoms with Gasteiger partial charge in [0, 0.05) is 5.76 Å². The summed E-state index contributed by atoms with van der Waals surface area (Å²) in [6, 6.07) is -1.40. The van der Waals surface area contributed by atoms with Gasteiger partial charge in [-0.1, -0.05) is 0 Å². The standard InChI is InChI=1S/C6H8O6.C4H7NO4.2Na/c7-1-2(8)5-3(9)4(10)6(11)12-5;5-2(4(8)9)1-3(6)7;;/h2,5,7-10H,1H2;2H,1,5H2,(H,6,7)(H,8,9);;/q;;2*+1/p-2/t2-,5+;2-;;/m00../s1. The van der Waals surface area contributed by atoms with E-state index in [0.717, 1.165) is 0 Å². The van der Waals surface area contributed by atoms with Crippen LogP contribution in [0, 0.1) is 0 Å². The van der Waals surface area contributed by atoms with Crippen LogP contribution in [0.5, 0.6) is 0 Å². The molecule has 6 N–H and O–H groups in total. The molecule has 3 atom stereocenters. The van der Waals surface area contributed by atoms with Crippen LogP contribution in [0.15, 0.2) is 11.5 Å². The van der Waals surface area contributed by atoms with Gasteiger partial charge in [-0.2, -0.15) is 0 Å². The van der Waals surface area contributed by atoms with E-state index >= 15 is 0 Å². The Bertz CT molecular complexity index is 455. The number of aliphatic hydroxyl groups is 3. The van der Waals surface area contributed by atoms with Crippen LogP contribution in [0.4, 0.5) is 0 Å². The summed E-state index contributed by atoms with van der Waals surface area (Å²) >= 11 is 0. The Balaban J connectivity index is -0.000000332. The largest absolute Gasteiger partial charge is 1.00 e. The smallest absolute Gasteiger partial charge is 0.865 e. The van der Waals surface area contributed by atoms with Crippen LogP contribution in [0.1, 0.15) is 6.42 Å². The molecule has 1 aliphatic rings. The molecule has 0 aromatic carbocycles. The van der Waals surface area contributed by atoms with E-state index in [2.05, 4.69) is 4.74 Å². The van der Waals surface area contributed by atoms with E-state index in [-0.39, 0.29) is 59.1 Å². The number of hydrogen-bond acceptors (Lipinski definition) is 10. The molecular formula is C10H13NNa2O10. The van der Waals surface area contributed by atoms with Crippen molar-refractivity contribution in [3.8, 4) is 0 Å². The van der Waals surface area contributed by atoms with Crippen molar-refractivity contribution in [2.45, 2.75) is 24.7 Å². The molecule has 11 nitrogen and oxygen atoms in total. The maximum atomic E-state index is 10.6. The van der Waals surface area contributed by atoms with Gasteiger partial charge in [0.1, 0.15) is 11.9 Å². The minimum Gasteiger partial charge on any atom is -0.865 e. The molecule has 13 heteroatoms. The molecule has 0 amide bonds. The van der Waals surface area contributed by atoms with Gasteiger partial charge in [0.2, 0.25) is 0 Å². The minimum absolute atomic E-state index is 0. The van der Waals surface area contributed by atoms with Gasteiger partial charge in [0.05, 0.1) is 25.0 Å². The zero-order valence-electron chi connectivity index (χ0n) is 12.5. The number of cyclic esters (lactones) is 1. The SMILES string of the molecule is N[C@@H](CC(=O)O)C(=O)[O-].O=C1O[C@H]([C@@H](O)CO)C(O)=C1[O-].[Na+].[Na+]. The Kier molecular flexibility index (Phi) is 15.5. The van der Waals surface area contributed by atoms with E-state index in [4.69, 9.17) is 26.2 Å². The summed E-state index contributed by atoms with van der Waals surface area (Å²) in [4.78, 5) is 29.9. The number of aliphatic carboxylic acids is 2. The summed E-state index contributed by atoms with van der Waals surface area (Å²) in [5.41, 5.74) is 4.77. The fourth-order valence-corrected chi connectivity index (χ4v) is 1.09. The normalized spacial score (nSPS) is 18.4. The van der Waals surface area contributed by atoms with Crippen LogP contribution >= 0.6 is 0 Å². The number of carboxylic acid groups (broad SMARTS) is 2. The number of ether oxygens (including phenoxy) is 1. The zero-order valence-corrected chi connectivity index (χ0v) is 16.5. The van der Waals surface area contributed by atoms with Gasteiger partial charge in [-0.25, -0.2) is 4.79 Å². The van der Waals surface area contributed by atoms with Gasteiger partial charge in [-0.15, -0.1) is 0 Å². The molecule has 0 unspecified atom stereocenters. The molecule has 0 radical (unpaired) electrons. The second-order valence-corrected chi connectivity index (χ2v) is 3.81. The number of carbonyl (C=O) groups is 3. The third-order valence-electron chi connectivity index (χ3n) is 2.16. The van der Waals surface area contributed by atoms with E-state index < -0.39 is 60.7 Å². The summed E-state index contributed by atoms with van der Waals surface area (Å²) < 4.78 is 4.25. The van der Waals surface area contributed by atoms with Crippen molar-refractivity contribution < 1.29 is 109 Å². The molecular weight excluding hydrogens is 340 g/mol. The third-order valence-corrected chi connectivity index (χ3v) is 2.16. The van der Waals surface area contributed by atoms with Gasteiger partial charge in [0.25, 0.3) is 0 Å². The predicted octanol–water partition coefficient (Wildman–Crippen LogP) is -11.1. The van der Waals surface area contributed by atoms with Gasteiger partial charge in [0.15, 0.2) is 6.10 Å². The number of carboxylic acids is 2. The molecule has 120 valence electrons. The number of carbonyl (C=O) groups excluding carboxylic acids is 2. The molecule has 1 aliphatic heterocycles. The Labute approximate surface area is 174 Å². The monoisotopic (exact) mass is 353 g/mol. The van der Waals surface area contributed by atoms with Gasteiger partial charge in [-0.05, 0) is 0 Å². The van der Waals surface area contributed by atoms with Gasteiger partial charge in [-0.3, -0.25) is 4.79 Å². The second kappa shape index (κ2) is 13.0. The first-order valence-corrected chi connectivity index (χ1v) is 5.40. The summed E-state index contributed by atoms with van der Waals surface area (Å²) in [5.74, 6) is -6.04. The topological polar surface area (TPSA) is 213 Å². The van der Waals surface area contributed by atoms with Crippen LogP contribution in [0.3, 0.4) is 0 Å². The molecule has 0 saturated carbocycles. The first kappa shape index (κ1) is 27.5. The van der Waals surface area contributed by atoms with Crippen molar-refractivity contribution in [3.63, 3.8) is 0 Å². The number of rotatable bonds is 5. The zero-order chi connectivity index (χ0) is 16.7. The summed E-state index contributed by atoms with van der Waals surface area (Å²) in [6.07, 6.45) is -3.47. The van der Waals surface area contributed by atoms with Crippen molar-refractivity contribution in [1.82, 2.24) is 0 Å². The van der Waals surface area contributed by atoms with Crippen LogP contribution < -0.4 is 75.1 Å². The van der Waals surface area contributed by atoms with Gasteiger partial charge < -0.3 is 45.9 Å². The van der Waals surface area contributed by atoms with Crippen LogP contribution in [0.25, 0.3) is 0 Å². The molecule has 1 heterocycles. The number of nitrogens with two attached hydrogens (primary N) is 1. The second-order valence-electron chi connectivity index (χ2n) is 3.81. The van der Waals surface area contributed by atoms with Crippen molar-refractivity contribution in [3.05, 3.63) is 11.5 Å². The predicted molar refractivity (Wildman–Crippen MR) is 57.9 cm³/mol. The minimum atomic E-state index is -1.54. The number of esters is 1. The maximum Gasteiger partial charge on any atom is 1.00 e. The average Bonchev–Trinajstić information content (AvgIpc) is 2.65. The molecule has 0 saturated heterocycles. The summed E-state index contributed by atoms with van der Waals surface area (Å²) in [5, 5.41) is 54.5. The average molecular weight is 353 g/mol. The number of aliphatic hydroxyl groups excluding tert-OH is 3. The maximum absolute atomic E-state index is 10.6. The van der Waals surface area contributed by atoms with E-state index in [9.17, 15) is 24.6 Å². The molecule has 0 bridgehead atoms. The Morgan fingerprint density at radius 2 is 1.83 bits per heavy atom. The van der Waals surface area contributed by atoms with Crippen LogP contribution in [0.2, 0.25) is 0 Å². The van der Waals surface area contributed by atoms with Crippen molar-refractivity contribution in [2.75, 3.05) is 6.61 Å². The summed E-state index contributed by atoms with van der Waals surface area (Å²) in [6.45, 7) is -0.699. The van der Waals surface area contributed by atoms with Gasteiger partial charge >= 0.3 is 71.1 Å². The Morgan fingerprint density at radius 1 is 1.35 bits per heavy atom. The molecule has 0 fully saturated rings. The van der Waals surface area contributed by atoms with E-state index in [1.54, 1.807) is 0 Å². The molecule has 0 aromatic rings. The number of hydrogen-bond donors (Lipinski definition) is 5. The Hall–Kier alpha value is -0.370. The van der Waals surface area contributed by atoms with E-state index in [1.165, 1.54) is 0 Å². The van der Waals surface area contributed by atoms with E-state index in [0.29, 0.717) is 0 Å². The van der Waals surface area contributed by atoms with Crippen molar-refractivity contribution >= 4 is 17.9 Å². The fourth-order valence-electron chi connectivity index (χ4n) is 1.09. The fraction of sp³-hybridized carbons (Fsp3) is 0.500. The van der Waals surface area contributed by atoms with Crippen molar-refractivity contribution in [2.24, 2.45) is 5.73 Å². The molecule has 1 rings (SSSR count). The van der Waals surface area contributed by atoms with E-state index in [1.807, 2.05) is 0 Å².